The molecule has 3 rings (SSSR count). The lowest BCUT2D eigenvalue weighted by atomic mass is 9.95. The predicted octanol–water partition coefficient (Wildman–Crippen LogP) is 3.44. The van der Waals surface area contributed by atoms with Crippen LogP contribution in [0.3, 0.4) is 0 Å². The first kappa shape index (κ1) is 19.1. The summed E-state index contributed by atoms with van der Waals surface area (Å²) in [6.45, 7) is -0.287. The first-order valence-electron chi connectivity index (χ1n) is 7.50. The van der Waals surface area contributed by atoms with Crippen molar-refractivity contribution < 1.29 is 22.3 Å². The fourth-order valence-corrected chi connectivity index (χ4v) is 5.23. The Bertz CT molecular complexity index is 916. The van der Waals surface area contributed by atoms with E-state index in [-0.39, 0.29) is 12.1 Å². The molecule has 0 aliphatic heterocycles. The zero-order valence-corrected chi connectivity index (χ0v) is 15.8. The average molecular weight is 416 g/mol. The molecule has 1 unspecified atom stereocenters. The van der Waals surface area contributed by atoms with Gasteiger partial charge in [0.25, 0.3) is 0 Å². The van der Waals surface area contributed by atoms with Crippen LogP contribution in [0.2, 0.25) is 0 Å². The fourth-order valence-electron chi connectivity index (χ4n) is 2.52. The van der Waals surface area contributed by atoms with Gasteiger partial charge in [0.2, 0.25) is 10.0 Å². The maximum Gasteiger partial charge on any atom is 0.215 e. The molecule has 3 aromatic rings. The van der Waals surface area contributed by atoms with Crippen LogP contribution in [0.25, 0.3) is 0 Å². The topological polar surface area (TPSA) is 66.4 Å². The van der Waals surface area contributed by atoms with E-state index in [0.717, 1.165) is 12.1 Å². The second-order valence-corrected chi connectivity index (χ2v) is 9.24. The highest BCUT2D eigenvalue weighted by Crippen LogP contribution is 2.33. The van der Waals surface area contributed by atoms with Crippen molar-refractivity contribution in [2.75, 3.05) is 6.54 Å². The summed E-state index contributed by atoms with van der Waals surface area (Å²) in [6.07, 6.45) is 0. The molecule has 0 amide bonds. The van der Waals surface area contributed by atoms with Gasteiger partial charge in [0.15, 0.2) is 0 Å². The lowest BCUT2D eigenvalue weighted by Gasteiger charge is -2.27. The average Bonchev–Trinajstić information content (AvgIpc) is 3.25. The van der Waals surface area contributed by atoms with Crippen molar-refractivity contribution in [2.45, 2.75) is 11.4 Å². The molecule has 0 saturated heterocycles. The quantitative estimate of drug-likeness (QED) is 0.621. The Hall–Kier alpha value is -1.65. The van der Waals surface area contributed by atoms with E-state index >= 15 is 0 Å². The normalized spacial score (nSPS) is 14.3. The largest absolute Gasteiger partial charge is 0.378 e. The van der Waals surface area contributed by atoms with Gasteiger partial charge in [-0.05, 0) is 46.0 Å². The van der Waals surface area contributed by atoms with Crippen LogP contribution in [0, 0.1) is 11.6 Å². The van der Waals surface area contributed by atoms with Crippen LogP contribution in [-0.2, 0) is 21.4 Å². The number of hydrogen-bond acceptors (Lipinski definition) is 5. The van der Waals surface area contributed by atoms with Crippen molar-refractivity contribution in [1.29, 1.82) is 0 Å². The Balaban J connectivity index is 1.80. The minimum atomic E-state index is -3.92. The molecule has 1 aromatic carbocycles. The molecular formula is C17H15F2NO3S3. The monoisotopic (exact) mass is 415 g/mol. The van der Waals surface area contributed by atoms with Gasteiger partial charge in [-0.15, -0.1) is 11.3 Å². The van der Waals surface area contributed by atoms with Gasteiger partial charge in [-0.25, -0.2) is 21.9 Å². The summed E-state index contributed by atoms with van der Waals surface area (Å²) in [5.74, 6) is -2.28. The number of nitrogens with one attached hydrogen (secondary N) is 1. The van der Waals surface area contributed by atoms with E-state index < -0.39 is 33.0 Å². The molecular weight excluding hydrogens is 400 g/mol. The molecule has 0 radical (unpaired) electrons. The second-order valence-electron chi connectivity index (χ2n) is 5.71. The maximum atomic E-state index is 13.3. The summed E-state index contributed by atoms with van der Waals surface area (Å²) < 4.78 is 53.6. The van der Waals surface area contributed by atoms with Crippen LogP contribution in [0.5, 0.6) is 0 Å². The summed E-state index contributed by atoms with van der Waals surface area (Å²) >= 11 is 2.69. The van der Waals surface area contributed by atoms with Crippen LogP contribution in [0.1, 0.15) is 16.0 Å². The predicted molar refractivity (Wildman–Crippen MR) is 98.6 cm³/mol. The molecule has 0 aliphatic carbocycles. The number of sulfonamides is 1. The van der Waals surface area contributed by atoms with Gasteiger partial charge < -0.3 is 5.11 Å². The van der Waals surface area contributed by atoms with Gasteiger partial charge in [0.1, 0.15) is 17.2 Å². The number of hydrogen-bond donors (Lipinski definition) is 2. The molecule has 1 atom stereocenters. The van der Waals surface area contributed by atoms with Crippen molar-refractivity contribution in [3.05, 3.63) is 80.2 Å². The van der Waals surface area contributed by atoms with Crippen LogP contribution in [-0.4, -0.2) is 20.1 Å². The summed E-state index contributed by atoms with van der Waals surface area (Å²) in [4.78, 5) is 0.593. The maximum absolute atomic E-state index is 13.3. The van der Waals surface area contributed by atoms with Crippen LogP contribution < -0.4 is 4.72 Å². The van der Waals surface area contributed by atoms with E-state index in [1.165, 1.54) is 22.7 Å². The minimum Gasteiger partial charge on any atom is -0.378 e. The molecule has 0 saturated carbocycles. The van der Waals surface area contributed by atoms with Gasteiger partial charge in [-0.2, -0.15) is 11.3 Å². The number of aliphatic hydroxyl groups is 1. The zero-order valence-electron chi connectivity index (χ0n) is 13.4. The highest BCUT2D eigenvalue weighted by Gasteiger charge is 2.34. The molecule has 2 heterocycles. The Morgan fingerprint density at radius 1 is 1.12 bits per heavy atom. The van der Waals surface area contributed by atoms with Gasteiger partial charge in [0.05, 0.1) is 5.75 Å². The van der Waals surface area contributed by atoms with Gasteiger partial charge in [-0.1, -0.05) is 6.07 Å². The molecule has 26 heavy (non-hydrogen) atoms. The van der Waals surface area contributed by atoms with E-state index in [2.05, 4.69) is 4.72 Å². The highest BCUT2D eigenvalue weighted by molar-refractivity contribution is 7.88. The Morgan fingerprint density at radius 3 is 2.42 bits per heavy atom. The molecule has 9 heteroatoms. The van der Waals surface area contributed by atoms with Crippen molar-refractivity contribution in [3.8, 4) is 0 Å². The third-order valence-corrected chi connectivity index (χ3v) is 6.76. The van der Waals surface area contributed by atoms with Gasteiger partial charge in [-0.3, -0.25) is 0 Å². The standard InChI is InChI=1S/C17H15F2NO3S3/c18-14-6-12(7-15(19)8-14)10-26(22,23)20-11-17(21,13-3-5-24-9-13)16-2-1-4-25-16/h1-9,20-21H,10-11H2. The second kappa shape index (κ2) is 7.53. The third kappa shape index (κ3) is 4.36. The Morgan fingerprint density at radius 2 is 1.85 bits per heavy atom. The lowest BCUT2D eigenvalue weighted by Crippen LogP contribution is -2.41. The smallest absolute Gasteiger partial charge is 0.215 e. The molecule has 0 spiro atoms. The van der Waals surface area contributed by atoms with E-state index in [4.69, 9.17) is 0 Å². The lowest BCUT2D eigenvalue weighted by molar-refractivity contribution is 0.0903. The van der Waals surface area contributed by atoms with Crippen LogP contribution in [0.4, 0.5) is 8.78 Å². The number of rotatable bonds is 7. The number of thiophene rings is 2. The zero-order chi connectivity index (χ0) is 18.8. The number of halogens is 2. The molecule has 4 nitrogen and oxygen atoms in total. The van der Waals surface area contributed by atoms with E-state index in [9.17, 15) is 22.3 Å². The highest BCUT2D eigenvalue weighted by atomic mass is 32.2. The summed E-state index contributed by atoms with van der Waals surface area (Å²) in [7, 11) is -3.92. The van der Waals surface area contributed by atoms with Crippen molar-refractivity contribution in [3.63, 3.8) is 0 Å². The molecule has 2 aromatic heterocycles. The SMILES string of the molecule is O=S(=O)(Cc1cc(F)cc(F)c1)NCC(O)(c1ccsc1)c1cccs1. The third-order valence-electron chi connectivity index (χ3n) is 3.75. The summed E-state index contributed by atoms with van der Waals surface area (Å²) in [5, 5.41) is 16.4. The fraction of sp³-hybridized carbons (Fsp3) is 0.176. The van der Waals surface area contributed by atoms with Gasteiger partial charge in [0, 0.05) is 23.1 Å². The van der Waals surface area contributed by atoms with E-state index in [1.807, 2.05) is 0 Å². The van der Waals surface area contributed by atoms with E-state index in [0.29, 0.717) is 16.5 Å². The van der Waals surface area contributed by atoms with Crippen LogP contribution in [0.15, 0.2) is 52.5 Å². The summed E-state index contributed by atoms with van der Waals surface area (Å²) in [5.41, 5.74) is -0.955. The van der Waals surface area contributed by atoms with Crippen molar-refractivity contribution >= 4 is 32.7 Å². The first-order chi connectivity index (χ1) is 12.3. The number of benzene rings is 1. The van der Waals surface area contributed by atoms with Crippen molar-refractivity contribution in [1.82, 2.24) is 4.72 Å². The first-order valence-corrected chi connectivity index (χ1v) is 11.0. The Kier molecular flexibility index (Phi) is 5.54. The van der Waals surface area contributed by atoms with E-state index in [1.54, 1.807) is 34.3 Å². The van der Waals surface area contributed by atoms with Crippen molar-refractivity contribution in [2.24, 2.45) is 0 Å². The molecule has 0 fully saturated rings. The van der Waals surface area contributed by atoms with Gasteiger partial charge >= 0.3 is 0 Å². The summed E-state index contributed by atoms with van der Waals surface area (Å²) in [6, 6.07) is 7.82. The Labute approximate surface area is 157 Å². The molecule has 2 N–H and O–H groups in total. The molecule has 0 aliphatic rings. The molecule has 0 bridgehead atoms. The van der Waals surface area contributed by atoms with Crippen LogP contribution >= 0.6 is 22.7 Å². The molecule has 138 valence electrons. The minimum absolute atomic E-state index is 0.00908.